The van der Waals surface area contributed by atoms with Crippen molar-refractivity contribution in [2.75, 3.05) is 26.3 Å². The molecule has 1 fully saturated rings. The first kappa shape index (κ1) is 21.2. The second-order valence-corrected chi connectivity index (χ2v) is 9.50. The molecule has 0 radical (unpaired) electrons. The Labute approximate surface area is 188 Å². The van der Waals surface area contributed by atoms with Gasteiger partial charge in [-0.3, -0.25) is 10.1 Å². The van der Waals surface area contributed by atoms with E-state index in [9.17, 15) is 4.79 Å². The molecule has 1 amide bonds. The van der Waals surface area contributed by atoms with Crippen molar-refractivity contribution in [3.05, 3.63) is 53.0 Å². The molecule has 0 bridgehead atoms. The predicted octanol–water partition coefficient (Wildman–Crippen LogP) is 3.45. The van der Waals surface area contributed by atoms with E-state index in [1.807, 2.05) is 17.9 Å². The molecule has 2 atom stereocenters. The van der Waals surface area contributed by atoms with Gasteiger partial charge in [0.15, 0.2) is 0 Å². The maximum Gasteiger partial charge on any atom is 0.240 e. The van der Waals surface area contributed by atoms with E-state index in [1.54, 1.807) is 0 Å². The molecule has 1 saturated heterocycles. The molecule has 2 unspecified atom stereocenters. The summed E-state index contributed by atoms with van der Waals surface area (Å²) in [6, 6.07) is 8.40. The van der Waals surface area contributed by atoms with Gasteiger partial charge in [-0.25, -0.2) is 0 Å². The van der Waals surface area contributed by atoms with Crippen molar-refractivity contribution in [1.82, 2.24) is 19.9 Å². The Morgan fingerprint density at radius 3 is 2.81 bits per heavy atom. The lowest BCUT2D eigenvalue weighted by molar-refractivity contribution is -0.137. The first-order valence-corrected chi connectivity index (χ1v) is 11.6. The molecule has 2 aromatic heterocycles. The highest BCUT2D eigenvalue weighted by atomic mass is 16.5. The number of aryl methyl sites for hydroxylation is 1. The number of nitrogens with zero attached hydrogens (tertiary/aromatic N) is 3. The average molecular weight is 437 g/mol. The van der Waals surface area contributed by atoms with Gasteiger partial charge in [0.1, 0.15) is 11.5 Å². The average Bonchev–Trinajstić information content (AvgIpc) is 3.31. The highest BCUT2D eigenvalue weighted by Gasteiger charge is 2.33. The Balaban J connectivity index is 1.54. The van der Waals surface area contributed by atoms with Gasteiger partial charge >= 0.3 is 0 Å². The van der Waals surface area contributed by atoms with Gasteiger partial charge in [0, 0.05) is 42.3 Å². The van der Waals surface area contributed by atoms with Crippen molar-refractivity contribution in [3.8, 4) is 0 Å². The molecule has 7 heteroatoms. The highest BCUT2D eigenvalue weighted by Crippen LogP contribution is 2.36. The van der Waals surface area contributed by atoms with E-state index >= 15 is 0 Å². The number of aromatic nitrogens is 2. The van der Waals surface area contributed by atoms with E-state index in [4.69, 9.17) is 9.26 Å². The van der Waals surface area contributed by atoms with Crippen LogP contribution in [-0.4, -0.2) is 52.9 Å². The van der Waals surface area contributed by atoms with Crippen LogP contribution in [0.2, 0.25) is 0 Å². The molecule has 170 valence electrons. The van der Waals surface area contributed by atoms with Crippen LogP contribution in [-0.2, 0) is 22.5 Å². The molecule has 2 aliphatic heterocycles. The molecule has 5 rings (SSSR count). The molecule has 3 aromatic rings. The Kier molecular flexibility index (Phi) is 5.78. The monoisotopic (exact) mass is 436 g/mol. The summed E-state index contributed by atoms with van der Waals surface area (Å²) in [4.78, 5) is 15.4. The van der Waals surface area contributed by atoms with Crippen molar-refractivity contribution < 1.29 is 14.1 Å². The lowest BCUT2D eigenvalue weighted by atomic mass is 9.94. The first-order valence-electron chi connectivity index (χ1n) is 11.6. The van der Waals surface area contributed by atoms with Gasteiger partial charge in [0.2, 0.25) is 5.91 Å². The normalized spacial score (nSPS) is 21.3. The zero-order valence-corrected chi connectivity index (χ0v) is 19.1. The number of ether oxygens (including phenoxy) is 1. The number of carbonyl (C=O) groups excluding carboxylic acids is 1. The second-order valence-electron chi connectivity index (χ2n) is 9.50. The number of rotatable bonds is 5. The molecular weight excluding hydrogens is 404 g/mol. The van der Waals surface area contributed by atoms with Gasteiger partial charge in [0.25, 0.3) is 0 Å². The molecule has 2 aliphatic rings. The summed E-state index contributed by atoms with van der Waals surface area (Å²) < 4.78 is 13.0. The van der Waals surface area contributed by atoms with Crippen molar-refractivity contribution in [2.24, 2.45) is 5.92 Å². The third-order valence-electron chi connectivity index (χ3n) is 6.56. The smallest absolute Gasteiger partial charge is 0.240 e. The molecule has 1 N–H and O–H groups in total. The van der Waals surface area contributed by atoms with Crippen LogP contribution in [0.3, 0.4) is 0 Å². The zero-order valence-electron chi connectivity index (χ0n) is 19.1. The van der Waals surface area contributed by atoms with Crippen molar-refractivity contribution in [2.45, 2.75) is 52.2 Å². The zero-order chi connectivity index (χ0) is 22.2. The van der Waals surface area contributed by atoms with Gasteiger partial charge in [-0.05, 0) is 42.9 Å². The molecule has 1 aromatic carbocycles. The molecule has 0 spiro atoms. The number of nitrogens with one attached hydrogen (secondary N) is 1. The number of morpholine rings is 1. The van der Waals surface area contributed by atoms with Gasteiger partial charge < -0.3 is 18.7 Å². The van der Waals surface area contributed by atoms with Gasteiger partial charge in [0.05, 0.1) is 25.8 Å². The predicted molar refractivity (Wildman–Crippen MR) is 123 cm³/mol. The number of carbonyl (C=O) groups is 1. The summed E-state index contributed by atoms with van der Waals surface area (Å²) >= 11 is 0. The van der Waals surface area contributed by atoms with E-state index in [0.29, 0.717) is 45.2 Å². The van der Waals surface area contributed by atoms with Gasteiger partial charge in [-0.15, -0.1) is 0 Å². The van der Waals surface area contributed by atoms with E-state index in [1.165, 1.54) is 22.0 Å². The summed E-state index contributed by atoms with van der Waals surface area (Å²) in [6.45, 7) is 9.62. The van der Waals surface area contributed by atoms with E-state index in [0.717, 1.165) is 17.9 Å². The largest absolute Gasteiger partial charge is 0.378 e. The lowest BCUT2D eigenvalue weighted by Gasteiger charge is -2.32. The fourth-order valence-corrected chi connectivity index (χ4v) is 5.15. The minimum atomic E-state index is -0.238. The number of hydrogen-bond donors (Lipinski definition) is 1. The summed E-state index contributed by atoms with van der Waals surface area (Å²) in [5, 5.41) is 9.21. The van der Waals surface area contributed by atoms with Crippen molar-refractivity contribution >= 4 is 16.8 Å². The fraction of sp³-hybridized carbons (Fsp3) is 0.520. The van der Waals surface area contributed by atoms with Crippen LogP contribution < -0.4 is 5.32 Å². The molecule has 0 aliphatic carbocycles. The number of amides is 1. The lowest BCUT2D eigenvalue weighted by Crippen LogP contribution is -2.51. The van der Waals surface area contributed by atoms with E-state index in [2.05, 4.69) is 53.3 Å². The number of benzene rings is 1. The van der Waals surface area contributed by atoms with Crippen LogP contribution in [0.1, 0.15) is 48.9 Å². The van der Waals surface area contributed by atoms with Crippen molar-refractivity contribution in [1.29, 1.82) is 0 Å². The minimum Gasteiger partial charge on any atom is -0.378 e. The third-order valence-corrected chi connectivity index (χ3v) is 6.56. The third kappa shape index (κ3) is 4.07. The summed E-state index contributed by atoms with van der Waals surface area (Å²) in [7, 11) is 0. The Morgan fingerprint density at radius 1 is 1.28 bits per heavy atom. The van der Waals surface area contributed by atoms with Crippen LogP contribution in [0.15, 0.2) is 35.0 Å². The highest BCUT2D eigenvalue weighted by molar-refractivity contribution is 5.90. The maximum absolute atomic E-state index is 13.5. The molecule has 7 nitrogen and oxygen atoms in total. The topological polar surface area (TPSA) is 72.5 Å². The summed E-state index contributed by atoms with van der Waals surface area (Å²) in [5.41, 5.74) is 4.61. The second kappa shape index (κ2) is 8.71. The Bertz CT molecular complexity index is 1110. The standard InChI is InChI=1S/C25H32N4O3/c1-16(2)11-21-20-5-4-6-23-24(20)18(14-29(23)15-19-12-17(3)32-27-19)13-22(26-21)25(30)28-7-9-31-10-8-28/h4-6,12,14,16,21-22,26H,7-11,13,15H2,1-3H3. The summed E-state index contributed by atoms with van der Waals surface area (Å²) in [6.07, 6.45) is 3.87. The molecule has 32 heavy (non-hydrogen) atoms. The summed E-state index contributed by atoms with van der Waals surface area (Å²) in [5.74, 6) is 1.52. The van der Waals surface area contributed by atoms with Crippen LogP contribution in [0.25, 0.3) is 10.9 Å². The van der Waals surface area contributed by atoms with Crippen LogP contribution in [0, 0.1) is 12.8 Å². The Hall–Kier alpha value is -2.64. The van der Waals surface area contributed by atoms with Crippen molar-refractivity contribution in [3.63, 3.8) is 0 Å². The maximum atomic E-state index is 13.5. The van der Waals surface area contributed by atoms with Crippen LogP contribution in [0.4, 0.5) is 0 Å². The number of hydrogen-bond acceptors (Lipinski definition) is 5. The minimum absolute atomic E-state index is 0.139. The SMILES string of the molecule is Cc1cc(Cn2cc3c4c(cccc42)C(CC(C)C)NC(C(=O)N2CCOCC2)C3)no1. The Morgan fingerprint density at radius 2 is 2.09 bits per heavy atom. The van der Waals surface area contributed by atoms with E-state index in [-0.39, 0.29) is 18.0 Å². The fourth-order valence-electron chi connectivity index (χ4n) is 5.15. The first-order chi connectivity index (χ1) is 15.5. The quantitative estimate of drug-likeness (QED) is 0.663. The molecule has 4 heterocycles. The van der Waals surface area contributed by atoms with Gasteiger partial charge in [-0.2, -0.15) is 0 Å². The molecule has 0 saturated carbocycles. The van der Waals surface area contributed by atoms with Gasteiger partial charge in [-0.1, -0.05) is 31.1 Å². The van der Waals surface area contributed by atoms with Crippen LogP contribution in [0.5, 0.6) is 0 Å². The molecular formula is C25H32N4O3. The van der Waals surface area contributed by atoms with E-state index < -0.39 is 0 Å². The van der Waals surface area contributed by atoms with Crippen LogP contribution >= 0.6 is 0 Å².